The second kappa shape index (κ2) is 6.54. The molecule has 1 amide bonds. The van der Waals surface area contributed by atoms with Crippen LogP contribution in [0.5, 0.6) is 0 Å². The van der Waals surface area contributed by atoms with Crippen molar-refractivity contribution in [3.63, 3.8) is 0 Å². The third-order valence-electron chi connectivity index (χ3n) is 4.81. The van der Waals surface area contributed by atoms with Crippen LogP contribution in [-0.4, -0.2) is 19.5 Å². The Morgan fingerprint density at radius 3 is 2.78 bits per heavy atom. The monoisotopic (exact) mass is 368 g/mol. The molecule has 0 radical (unpaired) electrons. The third-order valence-corrected chi connectivity index (χ3v) is 4.81. The molecule has 27 heavy (non-hydrogen) atoms. The summed E-state index contributed by atoms with van der Waals surface area (Å²) in [6.45, 7) is 4.94. The van der Waals surface area contributed by atoms with Crippen LogP contribution in [0, 0.1) is 11.6 Å². The Labute approximate surface area is 154 Å². The van der Waals surface area contributed by atoms with Crippen molar-refractivity contribution in [2.24, 2.45) is 0 Å². The van der Waals surface area contributed by atoms with Crippen LogP contribution in [0.4, 0.5) is 14.5 Å². The fourth-order valence-corrected chi connectivity index (χ4v) is 3.45. The quantitative estimate of drug-likeness (QED) is 0.672. The van der Waals surface area contributed by atoms with Gasteiger partial charge in [-0.15, -0.1) is 0 Å². The van der Waals surface area contributed by atoms with Crippen molar-refractivity contribution in [2.45, 2.75) is 12.8 Å². The molecule has 1 aromatic heterocycles. The van der Waals surface area contributed by atoms with Crippen molar-refractivity contribution in [3.05, 3.63) is 59.7 Å². The molecule has 2 aromatic carbocycles. The van der Waals surface area contributed by atoms with Gasteiger partial charge in [0.1, 0.15) is 17.2 Å². The van der Waals surface area contributed by atoms with Crippen LogP contribution in [0.2, 0.25) is 0 Å². The summed E-state index contributed by atoms with van der Waals surface area (Å²) in [7, 11) is 1.50. The van der Waals surface area contributed by atoms with E-state index in [4.69, 9.17) is 4.42 Å². The minimum atomic E-state index is -0.789. The highest BCUT2D eigenvalue weighted by Crippen LogP contribution is 2.40. The van der Waals surface area contributed by atoms with Crippen molar-refractivity contribution < 1.29 is 18.0 Å². The van der Waals surface area contributed by atoms with Gasteiger partial charge in [-0.2, -0.15) is 0 Å². The molecule has 1 aliphatic heterocycles. The van der Waals surface area contributed by atoms with Gasteiger partial charge in [-0.1, -0.05) is 6.58 Å². The number of hydrogen-bond acceptors (Lipinski definition) is 3. The predicted molar refractivity (Wildman–Crippen MR) is 102 cm³/mol. The van der Waals surface area contributed by atoms with Gasteiger partial charge in [0, 0.05) is 42.4 Å². The SMILES string of the molecule is C=C1CCCNc2cc3oc(-c4ccc(F)cc4F)c(C(=O)NC)c3cc21. The summed E-state index contributed by atoms with van der Waals surface area (Å²) >= 11 is 0. The minimum absolute atomic E-state index is 0.0354. The van der Waals surface area contributed by atoms with Crippen LogP contribution in [0.1, 0.15) is 28.8 Å². The number of carbonyl (C=O) groups excluding carboxylic acids is 1. The summed E-state index contributed by atoms with van der Waals surface area (Å²) in [5, 5.41) is 6.47. The van der Waals surface area contributed by atoms with Gasteiger partial charge in [-0.05, 0) is 36.6 Å². The van der Waals surface area contributed by atoms with Crippen molar-refractivity contribution in [3.8, 4) is 11.3 Å². The first-order valence-corrected chi connectivity index (χ1v) is 8.69. The van der Waals surface area contributed by atoms with Gasteiger partial charge >= 0.3 is 0 Å². The number of nitrogens with one attached hydrogen (secondary N) is 2. The highest BCUT2D eigenvalue weighted by molar-refractivity contribution is 6.12. The molecule has 0 fully saturated rings. The lowest BCUT2D eigenvalue weighted by Gasteiger charge is -2.09. The van der Waals surface area contributed by atoms with Crippen LogP contribution in [0.15, 0.2) is 41.3 Å². The molecule has 0 saturated carbocycles. The van der Waals surface area contributed by atoms with Crippen LogP contribution in [0.25, 0.3) is 27.9 Å². The third kappa shape index (κ3) is 2.87. The fraction of sp³-hybridized carbons (Fsp3) is 0.190. The Balaban J connectivity index is 2.02. The second-order valence-electron chi connectivity index (χ2n) is 6.54. The van der Waals surface area contributed by atoms with Crippen LogP contribution < -0.4 is 10.6 Å². The van der Waals surface area contributed by atoms with E-state index in [2.05, 4.69) is 17.2 Å². The maximum atomic E-state index is 14.4. The normalized spacial score (nSPS) is 13.8. The van der Waals surface area contributed by atoms with Gasteiger partial charge in [0.2, 0.25) is 0 Å². The fourth-order valence-electron chi connectivity index (χ4n) is 3.45. The van der Waals surface area contributed by atoms with Gasteiger partial charge in [-0.3, -0.25) is 4.79 Å². The van der Waals surface area contributed by atoms with E-state index in [1.54, 1.807) is 6.07 Å². The standard InChI is InChI=1S/C21H18F2N2O2/c1-11-4-3-7-25-17-10-18-15(9-14(11)17)19(21(26)24-2)20(27-18)13-6-5-12(22)8-16(13)23/h5-6,8-10,25H,1,3-4,7H2,2H3,(H,24,26). The molecule has 6 heteroatoms. The first-order chi connectivity index (χ1) is 13.0. The molecule has 1 aliphatic rings. The Morgan fingerprint density at radius 1 is 1.22 bits per heavy atom. The molecule has 3 aromatic rings. The molecule has 2 N–H and O–H groups in total. The maximum absolute atomic E-state index is 14.4. The highest BCUT2D eigenvalue weighted by Gasteiger charge is 2.25. The van der Waals surface area contributed by atoms with E-state index in [1.165, 1.54) is 13.1 Å². The Hall–Kier alpha value is -3.15. The number of halogens is 2. The zero-order chi connectivity index (χ0) is 19.1. The first kappa shape index (κ1) is 17.3. The summed E-state index contributed by atoms with van der Waals surface area (Å²) in [6, 6.07) is 6.84. The number of allylic oxidation sites excluding steroid dienone is 1. The number of hydrogen-bond donors (Lipinski definition) is 2. The highest BCUT2D eigenvalue weighted by atomic mass is 19.1. The molecule has 0 aliphatic carbocycles. The number of amides is 1. The van der Waals surface area contributed by atoms with Crippen molar-refractivity contribution in [1.29, 1.82) is 0 Å². The van der Waals surface area contributed by atoms with Crippen molar-refractivity contribution >= 4 is 28.1 Å². The molecule has 0 unspecified atom stereocenters. The summed E-state index contributed by atoms with van der Waals surface area (Å²) < 4.78 is 33.6. The lowest BCUT2D eigenvalue weighted by molar-refractivity contribution is 0.0964. The van der Waals surface area contributed by atoms with Gasteiger partial charge in [0.15, 0.2) is 5.76 Å². The number of rotatable bonds is 2. The van der Waals surface area contributed by atoms with Crippen LogP contribution >= 0.6 is 0 Å². The molecule has 4 rings (SSSR count). The topological polar surface area (TPSA) is 54.3 Å². The largest absolute Gasteiger partial charge is 0.455 e. The molecular weight excluding hydrogens is 350 g/mol. The molecule has 0 atom stereocenters. The number of benzene rings is 2. The minimum Gasteiger partial charge on any atom is -0.455 e. The van der Waals surface area contributed by atoms with Gasteiger partial charge in [0.05, 0.1) is 11.1 Å². The molecule has 0 saturated heterocycles. The lowest BCUT2D eigenvalue weighted by atomic mass is 9.98. The molecule has 138 valence electrons. The summed E-state index contributed by atoms with van der Waals surface area (Å²) in [6.07, 6.45) is 1.81. The van der Waals surface area contributed by atoms with Crippen LogP contribution in [-0.2, 0) is 0 Å². The van der Waals surface area contributed by atoms with Crippen molar-refractivity contribution in [1.82, 2.24) is 5.32 Å². The molecule has 0 spiro atoms. The first-order valence-electron chi connectivity index (χ1n) is 8.69. The average molecular weight is 368 g/mol. The zero-order valence-electron chi connectivity index (χ0n) is 14.8. The number of carbonyl (C=O) groups is 1. The molecule has 0 bridgehead atoms. The Morgan fingerprint density at radius 2 is 2.04 bits per heavy atom. The Bertz CT molecular complexity index is 1090. The number of anilines is 1. The molecule has 2 heterocycles. The molecular formula is C21H18F2N2O2. The van der Waals surface area contributed by atoms with Crippen LogP contribution in [0.3, 0.4) is 0 Å². The predicted octanol–water partition coefficient (Wildman–Crippen LogP) is 4.96. The van der Waals surface area contributed by atoms with E-state index < -0.39 is 17.5 Å². The number of furan rings is 1. The van der Waals surface area contributed by atoms with Gasteiger partial charge < -0.3 is 15.1 Å². The Kier molecular flexibility index (Phi) is 4.18. The lowest BCUT2D eigenvalue weighted by Crippen LogP contribution is -2.18. The zero-order valence-corrected chi connectivity index (χ0v) is 14.8. The van der Waals surface area contributed by atoms with E-state index in [1.807, 2.05) is 6.07 Å². The average Bonchev–Trinajstić information content (AvgIpc) is 2.91. The van der Waals surface area contributed by atoms with E-state index >= 15 is 0 Å². The summed E-state index contributed by atoms with van der Waals surface area (Å²) in [5.74, 6) is -1.81. The maximum Gasteiger partial charge on any atom is 0.255 e. The summed E-state index contributed by atoms with van der Waals surface area (Å²) in [4.78, 5) is 12.6. The second-order valence-corrected chi connectivity index (χ2v) is 6.54. The van der Waals surface area contributed by atoms with E-state index in [9.17, 15) is 13.6 Å². The van der Waals surface area contributed by atoms with Gasteiger partial charge in [-0.25, -0.2) is 8.78 Å². The number of fused-ring (bicyclic) bond motifs is 2. The smallest absolute Gasteiger partial charge is 0.255 e. The van der Waals surface area contributed by atoms with E-state index in [-0.39, 0.29) is 16.9 Å². The van der Waals surface area contributed by atoms with E-state index in [0.717, 1.165) is 48.3 Å². The van der Waals surface area contributed by atoms with Gasteiger partial charge in [0.25, 0.3) is 5.91 Å². The summed E-state index contributed by atoms with van der Waals surface area (Å²) in [5.41, 5.74) is 3.46. The molecule has 4 nitrogen and oxygen atoms in total. The van der Waals surface area contributed by atoms with Crippen molar-refractivity contribution in [2.75, 3.05) is 18.9 Å². The van der Waals surface area contributed by atoms with E-state index in [0.29, 0.717) is 11.0 Å².